The number of unbranched alkanes of at least 4 members (excludes halogenated alkanes) is 27. The molecule has 0 spiro atoms. The van der Waals surface area contributed by atoms with Crippen molar-refractivity contribution < 1.29 is 28.6 Å². The highest BCUT2D eigenvalue weighted by Gasteiger charge is 2.17. The predicted molar refractivity (Wildman–Crippen MR) is 283 cm³/mol. The van der Waals surface area contributed by atoms with Gasteiger partial charge in [-0.3, -0.25) is 14.4 Å². The molecule has 12 heteroatoms. The highest BCUT2D eigenvalue weighted by Crippen LogP contribution is 2.15. The summed E-state index contributed by atoms with van der Waals surface area (Å²) in [5.74, 6) is -1.22. The Morgan fingerprint density at radius 3 is 0.739 bits per heavy atom. The lowest BCUT2D eigenvalue weighted by atomic mass is 10.1. The summed E-state index contributed by atoms with van der Waals surface area (Å²) in [5, 5.41) is 0. The van der Waals surface area contributed by atoms with E-state index in [9.17, 15) is 28.8 Å². The van der Waals surface area contributed by atoms with E-state index < -0.39 is 35.0 Å². The first-order chi connectivity index (χ1) is 33.8. The van der Waals surface area contributed by atoms with E-state index in [1.807, 2.05) is 0 Å². The van der Waals surface area contributed by atoms with Crippen LogP contribution in [0, 0.1) is 0 Å². The van der Waals surface area contributed by atoms with E-state index in [1.165, 1.54) is 116 Å². The van der Waals surface area contributed by atoms with Crippen molar-refractivity contribution in [3.63, 3.8) is 0 Å². The lowest BCUT2D eigenvalue weighted by Gasteiger charge is -2.14. The number of hydrogen-bond acceptors (Lipinski definition) is 9. The molecule has 69 heavy (non-hydrogen) atoms. The number of ether oxygens (including phenoxy) is 3. The fraction of sp³-hybridized carbons (Fsp3) is 0.789. The summed E-state index contributed by atoms with van der Waals surface area (Å²) in [6, 6.07) is 0. The molecule has 0 saturated carbocycles. The van der Waals surface area contributed by atoms with E-state index in [2.05, 4.69) is 57.2 Å². The number of carbonyl (C=O) groups excluding carboxylic acids is 3. The quantitative estimate of drug-likeness (QED) is 0.0270. The van der Waals surface area contributed by atoms with Gasteiger partial charge < -0.3 is 14.2 Å². The van der Waals surface area contributed by atoms with Gasteiger partial charge in [-0.1, -0.05) is 192 Å². The van der Waals surface area contributed by atoms with Crippen LogP contribution in [0.1, 0.15) is 252 Å². The molecule has 0 bridgehead atoms. The van der Waals surface area contributed by atoms with Gasteiger partial charge in [-0.25, -0.2) is 28.1 Å². The molecule has 1 rings (SSSR count). The Morgan fingerprint density at radius 2 is 0.522 bits per heavy atom. The van der Waals surface area contributed by atoms with E-state index >= 15 is 0 Å². The van der Waals surface area contributed by atoms with Gasteiger partial charge in [0.25, 0.3) is 0 Å². The standard InChI is InChI=1S/C57H99N3O9/c1-4-7-10-13-16-19-22-25-28-31-34-37-40-43-52(61)67-49-46-58-55(64)59(47-50-68-53(62)44-41-38-35-32-29-26-23-20-17-14-11-8-5-2)57(66)60(56(58)65)48-51-69-54(63)45-42-39-36-33-30-27-24-21-18-15-12-9-6-3/h7-12H,4-6,13-51H2,1-3H3/b10-7+,11-8+,12-9+. The molecule has 0 N–H and O–H groups in total. The van der Waals surface area contributed by atoms with Crippen LogP contribution in [-0.2, 0) is 48.2 Å². The fourth-order valence-electron chi connectivity index (χ4n) is 8.39. The monoisotopic (exact) mass is 970 g/mol. The molecule has 12 nitrogen and oxygen atoms in total. The SMILES string of the molecule is CC/C=C/CCCCCCCCCCCC(=O)OCCn1c(=O)n(CCOC(=O)CCCCCCCCCCC/C=C/CC)c(=O)n(CCOC(=O)CCCCCCCCCCC/C=C/CC)c1=O. The molecular weight excluding hydrogens is 871 g/mol. The summed E-state index contributed by atoms with van der Waals surface area (Å²) in [4.78, 5) is 78.4. The average molecular weight is 970 g/mol. The summed E-state index contributed by atoms with van der Waals surface area (Å²) >= 11 is 0. The molecular formula is C57H99N3O9. The molecule has 0 radical (unpaired) electrons. The van der Waals surface area contributed by atoms with Crippen LogP contribution in [0.25, 0.3) is 0 Å². The van der Waals surface area contributed by atoms with Crippen LogP contribution in [0.3, 0.4) is 0 Å². The highest BCUT2D eigenvalue weighted by molar-refractivity contribution is 5.69. The van der Waals surface area contributed by atoms with Crippen LogP contribution in [0.2, 0.25) is 0 Å². The second-order valence-electron chi connectivity index (χ2n) is 18.8. The number of carbonyl (C=O) groups is 3. The molecule has 0 aliphatic carbocycles. The summed E-state index contributed by atoms with van der Waals surface area (Å²) in [6.07, 6.45) is 51.2. The van der Waals surface area contributed by atoms with Crippen molar-refractivity contribution in [3.8, 4) is 0 Å². The Hall–Kier alpha value is -3.96. The van der Waals surface area contributed by atoms with E-state index in [0.29, 0.717) is 19.3 Å². The smallest absolute Gasteiger partial charge is 0.336 e. The minimum absolute atomic E-state index is 0.224. The summed E-state index contributed by atoms with van der Waals surface area (Å²) in [6.45, 7) is 5.02. The van der Waals surface area contributed by atoms with Gasteiger partial charge in [0.05, 0.1) is 19.6 Å². The van der Waals surface area contributed by atoms with Crippen LogP contribution < -0.4 is 17.1 Å². The number of nitrogens with zero attached hydrogens (tertiary/aromatic N) is 3. The number of allylic oxidation sites excluding steroid dienone is 6. The van der Waals surface area contributed by atoms with Crippen LogP contribution in [0.15, 0.2) is 50.8 Å². The Bertz CT molecular complexity index is 1480. The van der Waals surface area contributed by atoms with Gasteiger partial charge in [0.1, 0.15) is 19.8 Å². The average Bonchev–Trinajstić information content (AvgIpc) is 3.34. The summed E-state index contributed by atoms with van der Waals surface area (Å²) in [7, 11) is 0. The molecule has 1 aromatic rings. The van der Waals surface area contributed by atoms with Crippen LogP contribution in [0.5, 0.6) is 0 Å². The molecule has 0 saturated heterocycles. The van der Waals surface area contributed by atoms with E-state index in [1.54, 1.807) is 0 Å². The molecule has 0 amide bonds. The first kappa shape index (κ1) is 63.1. The van der Waals surface area contributed by atoms with Gasteiger partial charge in [-0.05, 0) is 77.0 Å². The zero-order valence-electron chi connectivity index (χ0n) is 44.2. The topological polar surface area (TPSA) is 145 Å². The molecule has 0 unspecified atom stereocenters. The predicted octanol–water partition coefficient (Wildman–Crippen LogP) is 13.6. The second kappa shape index (κ2) is 46.4. The van der Waals surface area contributed by atoms with Crippen molar-refractivity contribution in [2.45, 2.75) is 272 Å². The maximum Gasteiger partial charge on any atom is 0.336 e. The minimum atomic E-state index is -0.883. The number of esters is 3. The van der Waals surface area contributed by atoms with Crippen molar-refractivity contribution in [1.82, 2.24) is 13.7 Å². The van der Waals surface area contributed by atoms with Crippen LogP contribution in [-0.4, -0.2) is 51.4 Å². The van der Waals surface area contributed by atoms with Crippen molar-refractivity contribution in [2.75, 3.05) is 19.8 Å². The van der Waals surface area contributed by atoms with Gasteiger partial charge in [0.15, 0.2) is 0 Å². The molecule has 396 valence electrons. The Balaban J connectivity index is 2.63. The third-order valence-corrected chi connectivity index (χ3v) is 12.6. The van der Waals surface area contributed by atoms with Gasteiger partial charge in [0, 0.05) is 19.3 Å². The van der Waals surface area contributed by atoms with Gasteiger partial charge >= 0.3 is 35.0 Å². The highest BCUT2D eigenvalue weighted by atomic mass is 16.5. The summed E-state index contributed by atoms with van der Waals surface area (Å²) < 4.78 is 18.8. The Kier molecular flexibility index (Phi) is 42.4. The van der Waals surface area contributed by atoms with Crippen molar-refractivity contribution >= 4 is 17.9 Å². The zero-order chi connectivity index (χ0) is 50.3. The van der Waals surface area contributed by atoms with E-state index in [-0.39, 0.29) is 58.7 Å². The normalized spacial score (nSPS) is 11.7. The number of hydrogen-bond donors (Lipinski definition) is 0. The Morgan fingerprint density at radius 1 is 0.319 bits per heavy atom. The third kappa shape index (κ3) is 35.7. The van der Waals surface area contributed by atoms with Crippen LogP contribution in [0.4, 0.5) is 0 Å². The summed E-state index contributed by atoms with van der Waals surface area (Å²) in [5.41, 5.74) is -2.65. The first-order valence-electron chi connectivity index (χ1n) is 28.1. The van der Waals surface area contributed by atoms with Crippen molar-refractivity contribution in [2.24, 2.45) is 0 Å². The second-order valence-corrected chi connectivity index (χ2v) is 18.8. The molecule has 1 heterocycles. The Labute approximate surface area is 418 Å². The largest absolute Gasteiger partial charge is 0.464 e. The maximum absolute atomic E-state index is 13.6. The van der Waals surface area contributed by atoms with E-state index in [0.717, 1.165) is 90.8 Å². The molecule has 0 aliphatic heterocycles. The van der Waals surface area contributed by atoms with Gasteiger partial charge in [0.2, 0.25) is 0 Å². The minimum Gasteiger partial charge on any atom is -0.464 e. The molecule has 1 aromatic heterocycles. The zero-order valence-corrected chi connectivity index (χ0v) is 44.2. The van der Waals surface area contributed by atoms with Crippen molar-refractivity contribution in [1.29, 1.82) is 0 Å². The lowest BCUT2D eigenvalue weighted by Crippen LogP contribution is -2.55. The van der Waals surface area contributed by atoms with Gasteiger partial charge in [-0.2, -0.15) is 0 Å². The fourth-order valence-corrected chi connectivity index (χ4v) is 8.39. The third-order valence-electron chi connectivity index (χ3n) is 12.6. The van der Waals surface area contributed by atoms with E-state index in [4.69, 9.17) is 14.2 Å². The maximum atomic E-state index is 13.6. The molecule has 0 fully saturated rings. The van der Waals surface area contributed by atoms with Crippen LogP contribution >= 0.6 is 0 Å². The number of aromatic nitrogens is 3. The first-order valence-corrected chi connectivity index (χ1v) is 28.1. The number of rotatable bonds is 48. The lowest BCUT2D eigenvalue weighted by molar-refractivity contribution is -0.144. The van der Waals surface area contributed by atoms with Gasteiger partial charge in [-0.15, -0.1) is 0 Å². The molecule has 0 atom stereocenters. The molecule has 0 aromatic carbocycles. The van der Waals surface area contributed by atoms with Crippen molar-refractivity contribution in [3.05, 3.63) is 67.9 Å². The molecule has 0 aliphatic rings.